The molecule has 0 aliphatic carbocycles. The smallest absolute Gasteiger partial charge is 0.179 e. The summed E-state index contributed by atoms with van der Waals surface area (Å²) in [6, 6.07) is 5.29. The van der Waals surface area contributed by atoms with Crippen molar-refractivity contribution >= 4 is 22.9 Å². The van der Waals surface area contributed by atoms with Crippen molar-refractivity contribution in [3.8, 4) is 11.4 Å². The van der Waals surface area contributed by atoms with Crippen LogP contribution in [0.5, 0.6) is 0 Å². The van der Waals surface area contributed by atoms with Crippen LogP contribution in [0.15, 0.2) is 36.8 Å². The number of nitrogens with two attached hydrogens (primary N) is 1. The summed E-state index contributed by atoms with van der Waals surface area (Å²) in [6.45, 7) is 0. The first-order valence-corrected chi connectivity index (χ1v) is 5.33. The normalized spacial score (nSPS) is 10.9. The minimum absolute atomic E-state index is 0.573. The van der Waals surface area contributed by atoms with Crippen molar-refractivity contribution in [1.82, 2.24) is 19.6 Å². The van der Waals surface area contributed by atoms with Crippen LogP contribution in [-0.2, 0) is 0 Å². The Labute approximate surface area is 102 Å². The van der Waals surface area contributed by atoms with Gasteiger partial charge in [0.25, 0.3) is 0 Å². The van der Waals surface area contributed by atoms with Crippen molar-refractivity contribution < 1.29 is 0 Å². The number of halogens is 1. The Bertz CT molecular complexity index is 691. The zero-order chi connectivity index (χ0) is 11.8. The molecule has 2 heterocycles. The fraction of sp³-hybridized carbons (Fsp3) is 0. The van der Waals surface area contributed by atoms with Gasteiger partial charge in [0, 0.05) is 28.7 Å². The van der Waals surface area contributed by atoms with E-state index in [1.165, 1.54) is 0 Å². The zero-order valence-corrected chi connectivity index (χ0v) is 9.46. The molecule has 0 bridgehead atoms. The molecule has 84 valence electrons. The summed E-state index contributed by atoms with van der Waals surface area (Å²) in [5, 5.41) is 8.73. The van der Waals surface area contributed by atoms with E-state index in [-0.39, 0.29) is 0 Å². The van der Waals surface area contributed by atoms with E-state index in [9.17, 15) is 0 Å². The molecule has 0 radical (unpaired) electrons. The van der Waals surface area contributed by atoms with Gasteiger partial charge < -0.3 is 5.73 Å². The lowest BCUT2D eigenvalue weighted by atomic mass is 10.1. The van der Waals surface area contributed by atoms with Crippen LogP contribution in [0, 0.1) is 0 Å². The third-order valence-corrected chi connectivity index (χ3v) is 2.70. The number of rotatable bonds is 1. The van der Waals surface area contributed by atoms with E-state index in [0.29, 0.717) is 22.2 Å². The largest absolute Gasteiger partial charge is 0.398 e. The molecule has 0 saturated carbocycles. The molecule has 1 aromatic carbocycles. The summed E-state index contributed by atoms with van der Waals surface area (Å²) < 4.78 is 1.83. The number of aromatic nitrogens is 4. The molecule has 3 aromatic rings. The Morgan fingerprint density at radius 3 is 2.94 bits per heavy atom. The lowest BCUT2D eigenvalue weighted by Gasteiger charge is -2.03. The molecule has 0 saturated heterocycles. The van der Waals surface area contributed by atoms with E-state index >= 15 is 0 Å². The van der Waals surface area contributed by atoms with Gasteiger partial charge >= 0.3 is 0 Å². The highest BCUT2D eigenvalue weighted by atomic mass is 35.5. The molecule has 0 fully saturated rings. The molecule has 0 aliphatic rings. The lowest BCUT2D eigenvalue weighted by molar-refractivity contribution is 1.11. The third-order valence-electron chi connectivity index (χ3n) is 2.47. The maximum atomic E-state index is 5.92. The van der Waals surface area contributed by atoms with Gasteiger partial charge in [-0.15, -0.1) is 10.2 Å². The summed E-state index contributed by atoms with van der Waals surface area (Å²) in [5.74, 6) is 0.677. The number of hydrogen-bond donors (Lipinski definition) is 1. The van der Waals surface area contributed by atoms with Crippen LogP contribution in [0.2, 0.25) is 5.02 Å². The van der Waals surface area contributed by atoms with Crippen LogP contribution < -0.4 is 5.73 Å². The van der Waals surface area contributed by atoms with E-state index < -0.39 is 0 Å². The maximum absolute atomic E-state index is 5.92. The topological polar surface area (TPSA) is 69.1 Å². The molecule has 0 atom stereocenters. The standard InChI is InChI=1S/C11H8ClN5/c12-7-1-2-8(9(13)5-7)11-16-15-10-6-14-3-4-17(10)11/h1-6H,13H2. The Morgan fingerprint density at radius 1 is 1.24 bits per heavy atom. The van der Waals surface area contributed by atoms with Gasteiger partial charge in [0.1, 0.15) is 0 Å². The fourth-order valence-electron chi connectivity index (χ4n) is 1.67. The van der Waals surface area contributed by atoms with Gasteiger partial charge in [0.15, 0.2) is 11.5 Å². The number of hydrogen-bond acceptors (Lipinski definition) is 4. The molecule has 2 N–H and O–H groups in total. The molecule has 0 amide bonds. The summed E-state index contributed by atoms with van der Waals surface area (Å²) in [5.41, 5.74) is 7.97. The monoisotopic (exact) mass is 245 g/mol. The van der Waals surface area contributed by atoms with Gasteiger partial charge in [-0.25, -0.2) is 0 Å². The van der Waals surface area contributed by atoms with Gasteiger partial charge in [-0.05, 0) is 18.2 Å². The predicted molar refractivity (Wildman–Crippen MR) is 65.6 cm³/mol. The van der Waals surface area contributed by atoms with Crippen LogP contribution in [0.4, 0.5) is 5.69 Å². The van der Waals surface area contributed by atoms with E-state index in [0.717, 1.165) is 5.56 Å². The molecular weight excluding hydrogens is 238 g/mol. The van der Waals surface area contributed by atoms with E-state index in [2.05, 4.69) is 15.2 Å². The molecule has 0 aliphatic heterocycles. The van der Waals surface area contributed by atoms with Gasteiger partial charge in [-0.2, -0.15) is 0 Å². The number of nitrogens with zero attached hydrogens (tertiary/aromatic N) is 4. The minimum Gasteiger partial charge on any atom is -0.398 e. The molecular formula is C11H8ClN5. The van der Waals surface area contributed by atoms with Gasteiger partial charge in [-0.3, -0.25) is 9.38 Å². The van der Waals surface area contributed by atoms with Crippen molar-refractivity contribution in [1.29, 1.82) is 0 Å². The first-order chi connectivity index (χ1) is 8.25. The second-order valence-electron chi connectivity index (χ2n) is 3.56. The molecule has 6 heteroatoms. The summed E-state index contributed by atoms with van der Waals surface area (Å²) in [4.78, 5) is 3.98. The summed E-state index contributed by atoms with van der Waals surface area (Å²) in [6.07, 6.45) is 5.10. The van der Waals surface area contributed by atoms with Crippen LogP contribution in [0.1, 0.15) is 0 Å². The SMILES string of the molecule is Nc1cc(Cl)ccc1-c1nnc2cnccn12. The van der Waals surface area contributed by atoms with Crippen molar-refractivity contribution in [3.05, 3.63) is 41.8 Å². The highest BCUT2D eigenvalue weighted by Crippen LogP contribution is 2.27. The Balaban J connectivity index is 2.27. The number of anilines is 1. The predicted octanol–water partition coefficient (Wildman–Crippen LogP) is 2.03. The highest BCUT2D eigenvalue weighted by molar-refractivity contribution is 6.31. The number of benzene rings is 1. The van der Waals surface area contributed by atoms with Crippen LogP contribution in [-0.4, -0.2) is 19.6 Å². The Hall–Kier alpha value is -2.14. The minimum atomic E-state index is 0.573. The van der Waals surface area contributed by atoms with E-state index in [4.69, 9.17) is 17.3 Å². The van der Waals surface area contributed by atoms with Crippen molar-refractivity contribution in [2.45, 2.75) is 0 Å². The van der Waals surface area contributed by atoms with Crippen LogP contribution in [0.3, 0.4) is 0 Å². The fourth-order valence-corrected chi connectivity index (χ4v) is 1.85. The molecule has 3 rings (SSSR count). The Morgan fingerprint density at radius 2 is 2.12 bits per heavy atom. The molecule has 17 heavy (non-hydrogen) atoms. The highest BCUT2D eigenvalue weighted by Gasteiger charge is 2.10. The first kappa shape index (κ1) is 10.0. The van der Waals surface area contributed by atoms with Crippen LogP contribution >= 0.6 is 11.6 Å². The molecule has 5 nitrogen and oxygen atoms in total. The average molecular weight is 246 g/mol. The molecule has 2 aromatic heterocycles. The molecule has 0 unspecified atom stereocenters. The second kappa shape index (κ2) is 3.71. The van der Waals surface area contributed by atoms with Crippen molar-refractivity contribution in [2.75, 3.05) is 5.73 Å². The second-order valence-corrected chi connectivity index (χ2v) is 4.00. The van der Waals surface area contributed by atoms with Crippen LogP contribution in [0.25, 0.3) is 17.0 Å². The first-order valence-electron chi connectivity index (χ1n) is 4.96. The van der Waals surface area contributed by atoms with E-state index in [1.807, 2.05) is 10.5 Å². The lowest BCUT2D eigenvalue weighted by Crippen LogP contribution is -1.94. The number of nitrogen functional groups attached to an aromatic ring is 1. The average Bonchev–Trinajstić information content (AvgIpc) is 2.73. The van der Waals surface area contributed by atoms with Crippen molar-refractivity contribution in [3.63, 3.8) is 0 Å². The van der Waals surface area contributed by atoms with Crippen molar-refractivity contribution in [2.24, 2.45) is 0 Å². The van der Waals surface area contributed by atoms with Gasteiger partial charge in [-0.1, -0.05) is 11.6 Å². The number of fused-ring (bicyclic) bond motifs is 1. The quantitative estimate of drug-likeness (QED) is 0.666. The van der Waals surface area contributed by atoms with E-state index in [1.54, 1.807) is 30.7 Å². The third kappa shape index (κ3) is 1.60. The van der Waals surface area contributed by atoms with Gasteiger partial charge in [0.2, 0.25) is 0 Å². The molecule has 0 spiro atoms. The summed E-state index contributed by atoms with van der Waals surface area (Å²) >= 11 is 5.86. The summed E-state index contributed by atoms with van der Waals surface area (Å²) in [7, 11) is 0. The Kier molecular flexibility index (Phi) is 2.19. The maximum Gasteiger partial charge on any atom is 0.179 e. The zero-order valence-electron chi connectivity index (χ0n) is 8.71. The van der Waals surface area contributed by atoms with Gasteiger partial charge in [0.05, 0.1) is 6.20 Å².